The number of carbonyl (C=O) groups excluding carboxylic acids is 2. The summed E-state index contributed by atoms with van der Waals surface area (Å²) >= 11 is 0. The van der Waals surface area contributed by atoms with E-state index in [0.717, 1.165) is 31.6 Å². The van der Waals surface area contributed by atoms with Crippen molar-refractivity contribution in [3.05, 3.63) is 35.6 Å². The minimum absolute atomic E-state index is 0.0798. The van der Waals surface area contributed by atoms with Crippen molar-refractivity contribution in [3.8, 4) is 0 Å². The predicted octanol–water partition coefficient (Wildman–Crippen LogP) is 3.37. The lowest BCUT2D eigenvalue weighted by molar-refractivity contribution is -0.127. The molecule has 0 radical (unpaired) electrons. The Labute approximate surface area is 148 Å². The fourth-order valence-electron chi connectivity index (χ4n) is 3.87. The topological polar surface area (TPSA) is 49.4 Å². The van der Waals surface area contributed by atoms with Gasteiger partial charge in [0.1, 0.15) is 5.82 Å². The number of nitrogens with zero attached hydrogens (tertiary/aromatic N) is 1. The lowest BCUT2D eigenvalue weighted by atomic mass is 9.87. The number of amides is 2. The molecule has 0 bridgehead atoms. The van der Waals surface area contributed by atoms with Crippen LogP contribution in [0.1, 0.15) is 55.8 Å². The Morgan fingerprint density at radius 1 is 1.08 bits per heavy atom. The van der Waals surface area contributed by atoms with E-state index in [2.05, 4.69) is 12.2 Å². The molecule has 2 aliphatic rings. The lowest BCUT2D eigenvalue weighted by Gasteiger charge is -2.34. The summed E-state index contributed by atoms with van der Waals surface area (Å²) < 4.78 is 13.0. The first-order chi connectivity index (χ1) is 12.0. The molecule has 1 aromatic rings. The van der Waals surface area contributed by atoms with Gasteiger partial charge in [-0.05, 0) is 68.7 Å². The van der Waals surface area contributed by atoms with Gasteiger partial charge in [0.15, 0.2) is 0 Å². The normalized spacial score (nSPS) is 27.0. The van der Waals surface area contributed by atoms with E-state index in [-0.39, 0.29) is 29.6 Å². The lowest BCUT2D eigenvalue weighted by Crippen LogP contribution is -2.48. The van der Waals surface area contributed by atoms with Crippen LogP contribution >= 0.6 is 0 Å². The van der Waals surface area contributed by atoms with E-state index in [1.807, 2.05) is 0 Å². The minimum Gasteiger partial charge on any atom is -0.353 e. The Bertz CT molecular complexity index is 609. The maximum atomic E-state index is 13.0. The number of benzene rings is 1. The number of hydrogen-bond acceptors (Lipinski definition) is 2. The highest BCUT2D eigenvalue weighted by atomic mass is 19.1. The Hall–Kier alpha value is -1.91. The van der Waals surface area contributed by atoms with E-state index >= 15 is 0 Å². The van der Waals surface area contributed by atoms with Gasteiger partial charge in [-0.2, -0.15) is 0 Å². The van der Waals surface area contributed by atoms with Gasteiger partial charge in [-0.1, -0.05) is 6.92 Å². The Morgan fingerprint density at radius 3 is 2.44 bits per heavy atom. The molecule has 0 aromatic heterocycles. The fraction of sp³-hybridized carbons (Fsp3) is 0.600. The average molecular weight is 346 g/mol. The van der Waals surface area contributed by atoms with Crippen LogP contribution in [0.4, 0.5) is 4.39 Å². The van der Waals surface area contributed by atoms with Crippen LogP contribution in [0.3, 0.4) is 0 Å². The zero-order valence-electron chi connectivity index (χ0n) is 14.8. The maximum Gasteiger partial charge on any atom is 0.253 e. The number of carbonyl (C=O) groups is 2. The first kappa shape index (κ1) is 17.9. The molecule has 2 fully saturated rings. The van der Waals surface area contributed by atoms with Gasteiger partial charge in [0, 0.05) is 24.7 Å². The fourth-order valence-corrected chi connectivity index (χ4v) is 3.87. The van der Waals surface area contributed by atoms with Crippen LogP contribution < -0.4 is 5.32 Å². The SMILES string of the molecule is CC1CCC(NC(=O)C2CCCN(C(=O)c3ccc(F)cc3)C2)CC1. The van der Waals surface area contributed by atoms with E-state index in [1.165, 1.54) is 37.1 Å². The molecular weight excluding hydrogens is 319 g/mol. The molecule has 1 atom stereocenters. The van der Waals surface area contributed by atoms with Crippen molar-refractivity contribution in [2.24, 2.45) is 11.8 Å². The van der Waals surface area contributed by atoms with Crippen molar-refractivity contribution in [1.82, 2.24) is 10.2 Å². The summed E-state index contributed by atoms with van der Waals surface area (Å²) in [6.45, 7) is 3.37. The molecule has 1 saturated carbocycles. The van der Waals surface area contributed by atoms with Crippen molar-refractivity contribution in [1.29, 1.82) is 0 Å². The summed E-state index contributed by atoms with van der Waals surface area (Å²) in [6, 6.07) is 5.89. The second-order valence-corrected chi connectivity index (χ2v) is 7.56. The molecule has 0 spiro atoms. The molecule has 1 N–H and O–H groups in total. The second kappa shape index (κ2) is 7.98. The van der Waals surface area contributed by atoms with Crippen LogP contribution in [0.15, 0.2) is 24.3 Å². The molecule has 136 valence electrons. The zero-order valence-corrected chi connectivity index (χ0v) is 14.8. The molecule has 1 aliphatic carbocycles. The van der Waals surface area contributed by atoms with Gasteiger partial charge in [0.2, 0.25) is 5.91 Å². The summed E-state index contributed by atoms with van der Waals surface area (Å²) in [5, 5.41) is 3.19. The van der Waals surface area contributed by atoms with Crippen molar-refractivity contribution < 1.29 is 14.0 Å². The van der Waals surface area contributed by atoms with E-state index in [0.29, 0.717) is 18.7 Å². The highest BCUT2D eigenvalue weighted by Gasteiger charge is 2.30. The molecule has 1 aliphatic heterocycles. The molecular formula is C20H27FN2O2. The van der Waals surface area contributed by atoms with E-state index in [9.17, 15) is 14.0 Å². The largest absolute Gasteiger partial charge is 0.353 e. The summed E-state index contributed by atoms with van der Waals surface area (Å²) in [5.74, 6) is 0.221. The summed E-state index contributed by atoms with van der Waals surface area (Å²) in [4.78, 5) is 26.9. The highest BCUT2D eigenvalue weighted by Crippen LogP contribution is 2.25. The van der Waals surface area contributed by atoms with Gasteiger partial charge in [0.25, 0.3) is 5.91 Å². The number of piperidine rings is 1. The third-order valence-corrected chi connectivity index (χ3v) is 5.53. The molecule has 3 rings (SSSR count). The third kappa shape index (κ3) is 4.59. The van der Waals surface area contributed by atoms with Gasteiger partial charge in [-0.3, -0.25) is 9.59 Å². The van der Waals surface area contributed by atoms with Crippen LogP contribution in [-0.2, 0) is 4.79 Å². The number of halogens is 1. The predicted molar refractivity (Wildman–Crippen MR) is 94.6 cm³/mol. The highest BCUT2D eigenvalue weighted by molar-refractivity contribution is 5.94. The maximum absolute atomic E-state index is 13.0. The quantitative estimate of drug-likeness (QED) is 0.912. The minimum atomic E-state index is -0.353. The summed E-state index contributed by atoms with van der Waals surface area (Å²) in [6.07, 6.45) is 6.10. The molecule has 1 saturated heterocycles. The summed E-state index contributed by atoms with van der Waals surface area (Å²) in [7, 11) is 0. The van der Waals surface area contributed by atoms with E-state index in [4.69, 9.17) is 0 Å². The third-order valence-electron chi connectivity index (χ3n) is 5.53. The molecule has 1 aromatic carbocycles. The van der Waals surface area contributed by atoms with Crippen LogP contribution in [0, 0.1) is 17.7 Å². The van der Waals surface area contributed by atoms with Crippen molar-refractivity contribution in [3.63, 3.8) is 0 Å². The molecule has 1 unspecified atom stereocenters. The van der Waals surface area contributed by atoms with Crippen molar-refractivity contribution in [2.45, 2.75) is 51.5 Å². The van der Waals surface area contributed by atoms with Crippen LogP contribution in [0.2, 0.25) is 0 Å². The van der Waals surface area contributed by atoms with E-state index in [1.54, 1.807) is 4.90 Å². The summed E-state index contributed by atoms with van der Waals surface area (Å²) in [5.41, 5.74) is 0.476. The van der Waals surface area contributed by atoms with Gasteiger partial charge in [-0.15, -0.1) is 0 Å². The molecule has 5 heteroatoms. The standard InChI is InChI=1S/C20H27FN2O2/c1-14-4-10-18(11-5-14)22-19(24)16-3-2-12-23(13-16)20(25)15-6-8-17(21)9-7-15/h6-9,14,16,18H,2-5,10-13H2,1H3,(H,22,24). The average Bonchev–Trinajstić information content (AvgIpc) is 2.64. The smallest absolute Gasteiger partial charge is 0.253 e. The molecule has 2 amide bonds. The Morgan fingerprint density at radius 2 is 1.76 bits per heavy atom. The molecule has 4 nitrogen and oxygen atoms in total. The monoisotopic (exact) mass is 346 g/mol. The second-order valence-electron chi connectivity index (χ2n) is 7.56. The van der Waals surface area contributed by atoms with Gasteiger partial charge in [-0.25, -0.2) is 4.39 Å². The molecule has 25 heavy (non-hydrogen) atoms. The van der Waals surface area contributed by atoms with Crippen molar-refractivity contribution in [2.75, 3.05) is 13.1 Å². The van der Waals surface area contributed by atoms with Gasteiger partial charge >= 0.3 is 0 Å². The first-order valence-electron chi connectivity index (χ1n) is 9.38. The molecule has 1 heterocycles. The number of likely N-dealkylation sites (tertiary alicyclic amines) is 1. The van der Waals surface area contributed by atoms with Crippen LogP contribution in [0.5, 0.6) is 0 Å². The number of nitrogens with one attached hydrogen (secondary N) is 1. The Kier molecular flexibility index (Phi) is 5.71. The van der Waals surface area contributed by atoms with Crippen LogP contribution in [0.25, 0.3) is 0 Å². The van der Waals surface area contributed by atoms with Crippen LogP contribution in [-0.4, -0.2) is 35.8 Å². The van der Waals surface area contributed by atoms with Gasteiger partial charge < -0.3 is 10.2 Å². The number of hydrogen-bond donors (Lipinski definition) is 1. The zero-order chi connectivity index (χ0) is 17.8. The van der Waals surface area contributed by atoms with Crippen molar-refractivity contribution >= 4 is 11.8 Å². The number of rotatable bonds is 3. The van der Waals surface area contributed by atoms with Gasteiger partial charge in [0.05, 0.1) is 5.92 Å². The first-order valence-corrected chi connectivity index (χ1v) is 9.38. The van der Waals surface area contributed by atoms with E-state index < -0.39 is 0 Å². The Balaban J connectivity index is 1.56.